The summed E-state index contributed by atoms with van der Waals surface area (Å²) in [4.78, 5) is 30.6. The van der Waals surface area contributed by atoms with Crippen LogP contribution in [0.1, 0.15) is 49.4 Å². The van der Waals surface area contributed by atoms with Crippen molar-refractivity contribution in [2.45, 2.75) is 38.0 Å². The largest absolute Gasteiger partial charge is 0.493 e. The number of para-hydroxylation sites is 2. The number of amides is 1. The molecular formula is C30H28BrFN4O4. The summed E-state index contributed by atoms with van der Waals surface area (Å²) in [5, 5.41) is 7.58. The first-order valence-electron chi connectivity index (χ1n) is 13.1. The number of carbonyl (C=O) groups excluding carboxylic acids is 1. The Labute approximate surface area is 239 Å². The highest BCUT2D eigenvalue weighted by Crippen LogP contribution is 2.34. The maximum atomic E-state index is 13.8. The molecule has 0 saturated heterocycles. The normalized spacial score (nSPS) is 14.0. The average molecular weight is 607 g/mol. The number of carbonyl (C=O) groups is 1. The summed E-state index contributed by atoms with van der Waals surface area (Å²) >= 11 is 3.53. The molecule has 1 heterocycles. The van der Waals surface area contributed by atoms with Gasteiger partial charge in [0.05, 0.1) is 29.9 Å². The molecule has 10 heteroatoms. The van der Waals surface area contributed by atoms with Crippen molar-refractivity contribution in [3.05, 3.63) is 92.7 Å². The van der Waals surface area contributed by atoms with E-state index in [1.165, 1.54) is 30.3 Å². The third-order valence-corrected chi connectivity index (χ3v) is 7.54. The van der Waals surface area contributed by atoms with Crippen LogP contribution < -0.4 is 20.3 Å². The van der Waals surface area contributed by atoms with Crippen molar-refractivity contribution in [3.63, 3.8) is 0 Å². The average Bonchev–Trinajstić information content (AvgIpc) is 2.98. The number of hydrogen-bond donors (Lipinski definition) is 1. The molecule has 3 aromatic carbocycles. The number of halogens is 2. The minimum Gasteiger partial charge on any atom is -0.493 e. The Morgan fingerprint density at radius 3 is 2.65 bits per heavy atom. The molecule has 206 valence electrons. The minimum absolute atomic E-state index is 0.0711. The highest BCUT2D eigenvalue weighted by Gasteiger charge is 2.22. The number of anilines is 1. The zero-order valence-corrected chi connectivity index (χ0v) is 23.5. The first kappa shape index (κ1) is 27.5. The van der Waals surface area contributed by atoms with Crippen molar-refractivity contribution in [1.82, 2.24) is 9.66 Å². The van der Waals surface area contributed by atoms with Crippen LogP contribution in [0.25, 0.3) is 10.9 Å². The second-order valence-corrected chi connectivity index (χ2v) is 10.4. The first-order chi connectivity index (χ1) is 19.4. The van der Waals surface area contributed by atoms with Gasteiger partial charge in [-0.15, -0.1) is 0 Å². The predicted octanol–water partition coefficient (Wildman–Crippen LogP) is 6.25. The number of hydrogen-bond acceptors (Lipinski definition) is 6. The number of ether oxygens (including phenoxy) is 2. The molecular weight excluding hydrogens is 579 g/mol. The maximum absolute atomic E-state index is 13.8. The molecule has 4 aromatic rings. The number of nitrogens with one attached hydrogen (secondary N) is 1. The third kappa shape index (κ3) is 6.07. The van der Waals surface area contributed by atoms with E-state index in [0.29, 0.717) is 38.3 Å². The molecule has 0 bridgehead atoms. The van der Waals surface area contributed by atoms with Crippen LogP contribution in [0.15, 0.2) is 75.0 Å². The Kier molecular flexibility index (Phi) is 8.54. The van der Waals surface area contributed by atoms with Gasteiger partial charge in [-0.1, -0.05) is 43.5 Å². The fraction of sp³-hybridized carbons (Fsp3) is 0.267. The van der Waals surface area contributed by atoms with Gasteiger partial charge in [-0.05, 0) is 65.2 Å². The van der Waals surface area contributed by atoms with Crippen molar-refractivity contribution in [3.8, 4) is 11.5 Å². The Bertz CT molecular complexity index is 1630. The standard InChI is InChI=1S/C30H28BrFN4O4/c1-39-26-15-20(22(31)16-27(26)40-18-28(37)34-25-14-8-6-12-23(25)32)17-33-36-29(19-9-3-2-4-10-19)35-24-13-7-5-11-21(24)30(36)38/h5-8,11-17,19H,2-4,9-10,18H2,1H3,(H,34,37). The molecule has 1 aliphatic rings. The Hall–Kier alpha value is -4.05. The molecule has 8 nitrogen and oxygen atoms in total. The number of fused-ring (bicyclic) bond motifs is 1. The number of rotatable bonds is 8. The van der Waals surface area contributed by atoms with Gasteiger partial charge in [-0.3, -0.25) is 9.59 Å². The van der Waals surface area contributed by atoms with Crippen molar-refractivity contribution >= 4 is 44.6 Å². The van der Waals surface area contributed by atoms with E-state index in [-0.39, 0.29) is 23.8 Å². The van der Waals surface area contributed by atoms with E-state index in [2.05, 4.69) is 26.3 Å². The van der Waals surface area contributed by atoms with Gasteiger partial charge in [0.1, 0.15) is 11.6 Å². The second kappa shape index (κ2) is 12.4. The lowest BCUT2D eigenvalue weighted by Crippen LogP contribution is -2.25. The number of methoxy groups -OCH3 is 1. The Morgan fingerprint density at radius 2 is 1.88 bits per heavy atom. The fourth-order valence-corrected chi connectivity index (χ4v) is 5.24. The van der Waals surface area contributed by atoms with E-state index in [4.69, 9.17) is 14.5 Å². The quantitative estimate of drug-likeness (QED) is 0.239. The van der Waals surface area contributed by atoms with Gasteiger partial charge >= 0.3 is 0 Å². The van der Waals surface area contributed by atoms with Crippen LogP contribution in [-0.4, -0.2) is 35.5 Å². The molecule has 5 rings (SSSR count). The van der Waals surface area contributed by atoms with E-state index in [9.17, 15) is 14.0 Å². The summed E-state index contributed by atoms with van der Waals surface area (Å²) in [7, 11) is 1.48. The monoisotopic (exact) mass is 606 g/mol. The number of benzene rings is 3. The predicted molar refractivity (Wildman–Crippen MR) is 156 cm³/mol. The van der Waals surface area contributed by atoms with Gasteiger partial charge in [-0.2, -0.15) is 9.78 Å². The molecule has 1 N–H and O–H groups in total. The molecule has 0 spiro atoms. The number of nitrogens with zero attached hydrogens (tertiary/aromatic N) is 3. The fourth-order valence-electron chi connectivity index (χ4n) is 4.81. The van der Waals surface area contributed by atoms with Gasteiger partial charge in [0.2, 0.25) is 0 Å². The maximum Gasteiger partial charge on any atom is 0.282 e. The van der Waals surface area contributed by atoms with E-state index in [1.807, 2.05) is 18.2 Å². The molecule has 0 aliphatic heterocycles. The lowest BCUT2D eigenvalue weighted by atomic mass is 9.88. The molecule has 1 amide bonds. The molecule has 1 aliphatic carbocycles. The smallest absolute Gasteiger partial charge is 0.282 e. The van der Waals surface area contributed by atoms with Crippen LogP contribution in [0, 0.1) is 5.82 Å². The SMILES string of the molecule is COc1cc(C=Nn2c(C3CCCCC3)nc3ccccc3c2=O)c(Br)cc1OCC(=O)Nc1ccccc1F. The lowest BCUT2D eigenvalue weighted by Gasteiger charge is -2.22. The lowest BCUT2D eigenvalue weighted by molar-refractivity contribution is -0.118. The topological polar surface area (TPSA) is 94.8 Å². The second-order valence-electron chi connectivity index (χ2n) is 9.52. The zero-order valence-electron chi connectivity index (χ0n) is 21.9. The number of aromatic nitrogens is 2. The van der Waals surface area contributed by atoms with E-state index < -0.39 is 11.7 Å². The molecule has 0 unspecified atom stereocenters. The van der Waals surface area contributed by atoms with Gasteiger partial charge in [0.15, 0.2) is 18.1 Å². The summed E-state index contributed by atoms with van der Waals surface area (Å²) < 4.78 is 27.0. The van der Waals surface area contributed by atoms with Crippen LogP contribution in [0.2, 0.25) is 0 Å². The summed E-state index contributed by atoms with van der Waals surface area (Å²) in [6, 6.07) is 16.5. The summed E-state index contributed by atoms with van der Waals surface area (Å²) in [5.74, 6) is 0.443. The van der Waals surface area contributed by atoms with Crippen LogP contribution in [-0.2, 0) is 4.79 Å². The van der Waals surface area contributed by atoms with Crippen LogP contribution >= 0.6 is 15.9 Å². The van der Waals surface area contributed by atoms with Crippen LogP contribution in [0.4, 0.5) is 10.1 Å². The summed E-state index contributed by atoms with van der Waals surface area (Å²) in [5.41, 5.74) is 1.16. The first-order valence-corrected chi connectivity index (χ1v) is 13.8. The summed E-state index contributed by atoms with van der Waals surface area (Å²) in [6.07, 6.45) is 6.89. The Balaban J connectivity index is 1.40. The molecule has 40 heavy (non-hydrogen) atoms. The highest BCUT2D eigenvalue weighted by atomic mass is 79.9. The molecule has 0 atom stereocenters. The van der Waals surface area contributed by atoms with E-state index in [0.717, 1.165) is 25.7 Å². The van der Waals surface area contributed by atoms with Crippen molar-refractivity contribution in [2.24, 2.45) is 5.10 Å². The minimum atomic E-state index is -0.535. The van der Waals surface area contributed by atoms with Gasteiger partial charge < -0.3 is 14.8 Å². The van der Waals surface area contributed by atoms with E-state index in [1.54, 1.807) is 36.5 Å². The van der Waals surface area contributed by atoms with Crippen molar-refractivity contribution < 1.29 is 18.7 Å². The van der Waals surface area contributed by atoms with E-state index >= 15 is 0 Å². The molecule has 1 aromatic heterocycles. The zero-order chi connectivity index (χ0) is 28.1. The van der Waals surface area contributed by atoms with Crippen molar-refractivity contribution in [1.29, 1.82) is 0 Å². The molecule has 1 fully saturated rings. The molecule has 0 radical (unpaired) electrons. The van der Waals surface area contributed by atoms with Gasteiger partial charge in [0, 0.05) is 16.0 Å². The third-order valence-electron chi connectivity index (χ3n) is 6.85. The summed E-state index contributed by atoms with van der Waals surface area (Å²) in [6.45, 7) is -0.354. The van der Waals surface area contributed by atoms with Gasteiger partial charge in [0.25, 0.3) is 11.5 Å². The van der Waals surface area contributed by atoms with Gasteiger partial charge in [-0.25, -0.2) is 9.37 Å². The van der Waals surface area contributed by atoms with Crippen LogP contribution in [0.3, 0.4) is 0 Å². The van der Waals surface area contributed by atoms with Crippen LogP contribution in [0.5, 0.6) is 11.5 Å². The molecule has 1 saturated carbocycles. The van der Waals surface area contributed by atoms with Crippen molar-refractivity contribution in [2.75, 3.05) is 19.0 Å². The Morgan fingerprint density at radius 1 is 1.12 bits per heavy atom. The highest BCUT2D eigenvalue weighted by molar-refractivity contribution is 9.10.